The van der Waals surface area contributed by atoms with Crippen molar-refractivity contribution in [3.8, 4) is 11.3 Å². The molecule has 190 valence electrons. The zero-order valence-corrected chi connectivity index (χ0v) is 17.8. The van der Waals surface area contributed by atoms with Crippen molar-refractivity contribution in [2.24, 2.45) is 0 Å². The van der Waals surface area contributed by atoms with Crippen LogP contribution in [0.4, 0.5) is 38.1 Å². The van der Waals surface area contributed by atoms with Crippen LogP contribution in [0.15, 0.2) is 50.9 Å². The molecule has 4 N–H and O–H groups in total. The van der Waals surface area contributed by atoms with Crippen molar-refractivity contribution in [1.82, 2.24) is 20.2 Å². The first kappa shape index (κ1) is 24.6. The first-order valence-electron chi connectivity index (χ1n) is 10.0. The zero-order chi connectivity index (χ0) is 26.3. The van der Waals surface area contributed by atoms with E-state index in [1.807, 2.05) is 4.98 Å². The van der Waals surface area contributed by atoms with E-state index in [4.69, 9.17) is 4.74 Å². The van der Waals surface area contributed by atoms with Crippen LogP contribution in [0.25, 0.3) is 11.3 Å². The molecule has 2 aromatic heterocycles. The van der Waals surface area contributed by atoms with Crippen LogP contribution >= 0.6 is 0 Å². The average molecular weight is 514 g/mol. The molecule has 0 unspecified atom stereocenters. The second-order valence-corrected chi connectivity index (χ2v) is 7.69. The quantitative estimate of drug-likeness (QED) is 0.388. The molecule has 11 nitrogen and oxygen atoms in total. The molecule has 1 saturated heterocycles. The van der Waals surface area contributed by atoms with Gasteiger partial charge in [-0.2, -0.15) is 18.3 Å². The molecule has 0 bridgehead atoms. The van der Waals surface area contributed by atoms with Crippen LogP contribution in [0, 0.1) is 0 Å². The molecule has 0 spiro atoms. The molecule has 16 heteroatoms. The average Bonchev–Trinajstić information content (AvgIpc) is 3.07. The highest BCUT2D eigenvalue weighted by Gasteiger charge is 2.51. The van der Waals surface area contributed by atoms with E-state index < -0.39 is 59.8 Å². The topological polar surface area (TPSA) is 153 Å². The van der Waals surface area contributed by atoms with Gasteiger partial charge in [-0.3, -0.25) is 19.9 Å². The summed E-state index contributed by atoms with van der Waals surface area (Å²) in [6.07, 6.45) is -6.92. The number of alkyl halides is 5. The minimum atomic E-state index is -4.59. The van der Waals surface area contributed by atoms with Crippen LogP contribution in [0.2, 0.25) is 0 Å². The Morgan fingerprint density at radius 3 is 2.47 bits per heavy atom. The number of nitrogens with zero attached hydrogens (tertiary/aromatic N) is 2. The molecular formula is C20H15F5N6O5. The lowest BCUT2D eigenvalue weighted by Gasteiger charge is -2.18. The van der Waals surface area contributed by atoms with E-state index in [1.165, 1.54) is 0 Å². The van der Waals surface area contributed by atoms with Crippen LogP contribution < -0.4 is 27.0 Å². The molecule has 1 aliphatic rings. The Hall–Kier alpha value is -4.50. The number of halogens is 5. The Bertz CT molecular complexity index is 1460. The monoisotopic (exact) mass is 514 g/mol. The molecule has 0 aliphatic carbocycles. The van der Waals surface area contributed by atoms with Crippen molar-refractivity contribution >= 4 is 17.5 Å². The lowest BCUT2D eigenvalue weighted by molar-refractivity contribution is -0.137. The number of hydrogen-bond acceptors (Lipinski definition) is 7. The Kier molecular flexibility index (Phi) is 6.11. The van der Waals surface area contributed by atoms with Crippen LogP contribution in [0.3, 0.4) is 0 Å². The van der Waals surface area contributed by atoms with Gasteiger partial charge in [-0.05, 0) is 30.3 Å². The Labute approximate surface area is 195 Å². The van der Waals surface area contributed by atoms with Crippen molar-refractivity contribution in [2.45, 2.75) is 18.2 Å². The van der Waals surface area contributed by atoms with Crippen LogP contribution in [0.1, 0.15) is 5.56 Å². The van der Waals surface area contributed by atoms with Gasteiger partial charge in [0.05, 0.1) is 29.9 Å². The molecule has 3 heterocycles. The molecular weight excluding hydrogens is 499 g/mol. The zero-order valence-electron chi connectivity index (χ0n) is 17.8. The summed E-state index contributed by atoms with van der Waals surface area (Å²) < 4.78 is 71.9. The summed E-state index contributed by atoms with van der Waals surface area (Å²) in [5.74, 6) is -3.61. The normalized spacial score (nSPS) is 17.1. The maximum atomic E-state index is 14.6. The molecule has 1 aromatic carbocycles. The summed E-state index contributed by atoms with van der Waals surface area (Å²) >= 11 is 0. The number of benzene rings is 1. The van der Waals surface area contributed by atoms with Gasteiger partial charge in [0, 0.05) is 11.9 Å². The standard InChI is InChI=1S/C20H15F5N6O5/c21-19(22)8-31(13-5-12(29-30-16(13)33)11-6-26-17(34)28-15(11)32)7-14(19)36-18(35)27-10-3-1-9(2-4-10)20(23,24)25/h1-6,14H,7-8H2,(H,27,35)(H,30,33)(H2,26,28,32,34)/t14-/m0/s1. The van der Waals surface area contributed by atoms with E-state index in [1.54, 1.807) is 0 Å². The number of hydrogen-bond donors (Lipinski definition) is 4. The fourth-order valence-corrected chi connectivity index (χ4v) is 3.45. The van der Waals surface area contributed by atoms with Crippen molar-refractivity contribution in [1.29, 1.82) is 0 Å². The minimum absolute atomic E-state index is 0.118. The minimum Gasteiger partial charge on any atom is -0.438 e. The van der Waals surface area contributed by atoms with E-state index in [2.05, 4.69) is 20.5 Å². The van der Waals surface area contributed by atoms with Gasteiger partial charge in [-0.15, -0.1) is 0 Å². The number of aromatic amines is 3. The molecule has 1 amide bonds. The summed E-state index contributed by atoms with van der Waals surface area (Å²) in [6.45, 7) is -1.65. The smallest absolute Gasteiger partial charge is 0.416 e. The Balaban J connectivity index is 1.50. The fraction of sp³-hybridized carbons (Fsp3) is 0.250. The second kappa shape index (κ2) is 8.94. The Morgan fingerprint density at radius 2 is 1.83 bits per heavy atom. The number of carbonyl (C=O) groups excluding carboxylic acids is 1. The predicted molar refractivity (Wildman–Crippen MR) is 114 cm³/mol. The van der Waals surface area contributed by atoms with Gasteiger partial charge in [0.2, 0.25) is 0 Å². The SMILES string of the molecule is O=C(Nc1ccc(C(F)(F)F)cc1)O[C@H]1CN(c2cc(-c3c[nH]c(=O)[nH]c3=O)n[nH]c2=O)CC1(F)F. The Morgan fingerprint density at radius 1 is 1.14 bits per heavy atom. The molecule has 0 radical (unpaired) electrons. The number of carbonyl (C=O) groups is 1. The van der Waals surface area contributed by atoms with Gasteiger partial charge in [0.1, 0.15) is 5.69 Å². The maximum absolute atomic E-state index is 14.6. The van der Waals surface area contributed by atoms with Crippen LogP contribution in [0.5, 0.6) is 0 Å². The third kappa shape index (κ3) is 5.11. The van der Waals surface area contributed by atoms with Crippen LogP contribution in [-0.2, 0) is 10.9 Å². The number of nitrogens with one attached hydrogen (secondary N) is 4. The second-order valence-electron chi connectivity index (χ2n) is 7.69. The van der Waals surface area contributed by atoms with E-state index in [0.29, 0.717) is 12.1 Å². The van der Waals surface area contributed by atoms with Gasteiger partial charge in [-0.25, -0.2) is 23.5 Å². The van der Waals surface area contributed by atoms with Crippen molar-refractivity contribution < 1.29 is 31.5 Å². The van der Waals surface area contributed by atoms with E-state index in [0.717, 1.165) is 29.3 Å². The van der Waals surface area contributed by atoms with Gasteiger partial charge >= 0.3 is 23.9 Å². The highest BCUT2D eigenvalue weighted by Crippen LogP contribution is 2.33. The number of rotatable bonds is 4. The van der Waals surface area contributed by atoms with Gasteiger partial charge in [0.15, 0.2) is 6.10 Å². The molecule has 1 aliphatic heterocycles. The van der Waals surface area contributed by atoms with Gasteiger partial charge in [0.25, 0.3) is 11.1 Å². The molecule has 0 saturated carbocycles. The van der Waals surface area contributed by atoms with Crippen molar-refractivity contribution in [2.75, 3.05) is 23.3 Å². The first-order chi connectivity index (χ1) is 16.8. The van der Waals surface area contributed by atoms with E-state index >= 15 is 0 Å². The van der Waals surface area contributed by atoms with Crippen LogP contribution in [-0.4, -0.2) is 51.4 Å². The molecule has 3 aromatic rings. The van der Waals surface area contributed by atoms with Crippen molar-refractivity contribution in [3.05, 3.63) is 73.3 Å². The number of aromatic nitrogens is 4. The molecule has 4 rings (SSSR count). The number of amides is 1. The highest BCUT2D eigenvalue weighted by atomic mass is 19.4. The summed E-state index contributed by atoms with van der Waals surface area (Å²) in [6, 6.07) is 4.31. The molecule has 36 heavy (non-hydrogen) atoms. The number of anilines is 2. The summed E-state index contributed by atoms with van der Waals surface area (Å²) in [4.78, 5) is 52.6. The third-order valence-corrected chi connectivity index (χ3v) is 5.19. The number of ether oxygens (including phenoxy) is 1. The predicted octanol–water partition coefficient (Wildman–Crippen LogP) is 1.90. The lowest BCUT2D eigenvalue weighted by Crippen LogP contribution is -2.37. The lowest BCUT2D eigenvalue weighted by atomic mass is 10.2. The fourth-order valence-electron chi connectivity index (χ4n) is 3.45. The van der Waals surface area contributed by atoms with Gasteiger partial charge in [-0.1, -0.05) is 0 Å². The van der Waals surface area contributed by atoms with Gasteiger partial charge < -0.3 is 14.6 Å². The maximum Gasteiger partial charge on any atom is 0.416 e. The van der Waals surface area contributed by atoms with Crippen molar-refractivity contribution in [3.63, 3.8) is 0 Å². The number of H-pyrrole nitrogens is 3. The third-order valence-electron chi connectivity index (χ3n) is 5.19. The van der Waals surface area contributed by atoms with E-state index in [9.17, 15) is 41.1 Å². The summed E-state index contributed by atoms with van der Waals surface area (Å²) in [7, 11) is 0. The molecule has 1 fully saturated rings. The largest absolute Gasteiger partial charge is 0.438 e. The first-order valence-corrected chi connectivity index (χ1v) is 10.0. The highest BCUT2D eigenvalue weighted by molar-refractivity contribution is 5.84. The summed E-state index contributed by atoms with van der Waals surface area (Å²) in [5, 5.41) is 7.83. The molecule has 1 atom stereocenters. The summed E-state index contributed by atoms with van der Waals surface area (Å²) in [5.41, 5.74) is -4.17. The van der Waals surface area contributed by atoms with E-state index in [-0.39, 0.29) is 22.6 Å².